The van der Waals surface area contributed by atoms with Crippen LogP contribution in [0.3, 0.4) is 0 Å². The molecule has 1 fully saturated rings. The number of rotatable bonds is 1. The van der Waals surface area contributed by atoms with Gasteiger partial charge in [-0.1, -0.05) is 0 Å². The van der Waals surface area contributed by atoms with Crippen molar-refractivity contribution in [1.82, 2.24) is 0 Å². The second-order valence-corrected chi connectivity index (χ2v) is 3.94. The van der Waals surface area contributed by atoms with Crippen LogP contribution in [0, 0.1) is 17.1 Å². The van der Waals surface area contributed by atoms with Crippen LogP contribution in [0.25, 0.3) is 0 Å². The molecular weight excluding hydrogens is 210 g/mol. The topological polar surface area (TPSA) is 27.0 Å². The lowest BCUT2D eigenvalue weighted by molar-refractivity contribution is 0.276. The minimum Gasteiger partial charge on any atom is -0.369 e. The van der Waals surface area contributed by atoms with E-state index in [4.69, 9.17) is 5.26 Å². The van der Waals surface area contributed by atoms with Gasteiger partial charge in [-0.2, -0.15) is 5.26 Å². The quantitative estimate of drug-likeness (QED) is 0.730. The summed E-state index contributed by atoms with van der Waals surface area (Å²) in [6.45, 7) is 1.06. The molecule has 0 unspecified atom stereocenters. The van der Waals surface area contributed by atoms with E-state index in [1.54, 1.807) is 12.1 Å². The van der Waals surface area contributed by atoms with Crippen molar-refractivity contribution in [2.75, 3.05) is 18.0 Å². The Bertz CT molecular complexity index is 418. The predicted molar refractivity (Wildman–Crippen MR) is 57.5 cm³/mol. The number of nitriles is 1. The molecule has 0 saturated carbocycles. The maximum absolute atomic E-state index is 13.6. The molecule has 0 bridgehead atoms. The van der Waals surface area contributed by atoms with E-state index < -0.39 is 12.0 Å². The third-order valence-electron chi connectivity index (χ3n) is 2.84. The summed E-state index contributed by atoms with van der Waals surface area (Å²) in [5, 5.41) is 8.62. The van der Waals surface area contributed by atoms with Gasteiger partial charge in [0.2, 0.25) is 0 Å². The molecule has 4 heteroatoms. The number of hydrogen-bond acceptors (Lipinski definition) is 2. The minimum absolute atomic E-state index is 0.307. The highest BCUT2D eigenvalue weighted by atomic mass is 19.1. The molecule has 16 heavy (non-hydrogen) atoms. The first-order valence-electron chi connectivity index (χ1n) is 5.29. The molecular formula is C12H12F2N2. The molecule has 0 aliphatic carbocycles. The summed E-state index contributed by atoms with van der Waals surface area (Å²) in [4.78, 5) is 1.83. The molecule has 0 spiro atoms. The molecule has 1 heterocycles. The van der Waals surface area contributed by atoms with Gasteiger partial charge in [0.1, 0.15) is 12.0 Å². The highest BCUT2D eigenvalue weighted by Crippen LogP contribution is 2.24. The van der Waals surface area contributed by atoms with E-state index in [0.29, 0.717) is 37.2 Å². The molecule has 0 atom stereocenters. The van der Waals surface area contributed by atoms with E-state index >= 15 is 0 Å². The highest BCUT2D eigenvalue weighted by Gasteiger charge is 2.20. The van der Waals surface area contributed by atoms with Crippen molar-refractivity contribution >= 4 is 5.69 Å². The Morgan fingerprint density at radius 2 is 2.00 bits per heavy atom. The van der Waals surface area contributed by atoms with Crippen LogP contribution in [0.15, 0.2) is 18.2 Å². The third kappa shape index (κ3) is 2.13. The number of halogens is 2. The number of piperidine rings is 1. The van der Waals surface area contributed by atoms with Crippen LogP contribution in [0.4, 0.5) is 14.5 Å². The van der Waals surface area contributed by atoms with Gasteiger partial charge in [0.25, 0.3) is 0 Å². The van der Waals surface area contributed by atoms with Crippen molar-refractivity contribution < 1.29 is 8.78 Å². The van der Waals surface area contributed by atoms with E-state index in [9.17, 15) is 8.78 Å². The van der Waals surface area contributed by atoms with E-state index in [2.05, 4.69) is 0 Å². The molecule has 1 aliphatic rings. The van der Waals surface area contributed by atoms with Crippen molar-refractivity contribution in [2.24, 2.45) is 0 Å². The normalized spacial score (nSPS) is 17.2. The summed E-state index contributed by atoms with van der Waals surface area (Å²) < 4.78 is 26.6. The van der Waals surface area contributed by atoms with Crippen molar-refractivity contribution in [3.8, 4) is 6.07 Å². The number of nitrogens with zero attached hydrogens (tertiary/aromatic N) is 2. The largest absolute Gasteiger partial charge is 0.369 e. The van der Waals surface area contributed by atoms with Gasteiger partial charge >= 0.3 is 0 Å². The molecule has 0 radical (unpaired) electrons. The Hall–Kier alpha value is -1.63. The van der Waals surface area contributed by atoms with Crippen molar-refractivity contribution in [3.05, 3.63) is 29.6 Å². The van der Waals surface area contributed by atoms with Gasteiger partial charge in [-0.25, -0.2) is 8.78 Å². The van der Waals surface area contributed by atoms with Crippen molar-refractivity contribution in [3.63, 3.8) is 0 Å². The van der Waals surface area contributed by atoms with Gasteiger partial charge in [-0.3, -0.25) is 0 Å². The summed E-state index contributed by atoms with van der Waals surface area (Å²) >= 11 is 0. The first-order chi connectivity index (χ1) is 7.70. The van der Waals surface area contributed by atoms with Crippen LogP contribution in [-0.4, -0.2) is 19.3 Å². The molecule has 1 aliphatic heterocycles. The maximum atomic E-state index is 13.6. The fraction of sp³-hybridized carbons (Fsp3) is 0.417. The number of hydrogen-bond donors (Lipinski definition) is 0. The zero-order valence-corrected chi connectivity index (χ0v) is 8.79. The first kappa shape index (κ1) is 10.9. The van der Waals surface area contributed by atoms with Crippen molar-refractivity contribution in [2.45, 2.75) is 19.0 Å². The summed E-state index contributed by atoms with van der Waals surface area (Å²) in [5.74, 6) is -0.406. The SMILES string of the molecule is N#Cc1ccc(N2CCC(F)CC2)c(F)c1. The van der Waals surface area contributed by atoms with E-state index in [0.717, 1.165) is 0 Å². The predicted octanol–water partition coefficient (Wildman–Crippen LogP) is 2.64. The summed E-state index contributed by atoms with van der Waals surface area (Å²) in [6.07, 6.45) is 0.122. The Balaban J connectivity index is 2.18. The minimum atomic E-state index is -0.766. The summed E-state index contributed by atoms with van der Waals surface area (Å²) in [7, 11) is 0. The van der Waals surface area contributed by atoms with Crippen LogP contribution in [0.2, 0.25) is 0 Å². The molecule has 0 N–H and O–H groups in total. The zero-order valence-electron chi connectivity index (χ0n) is 8.79. The average Bonchev–Trinajstić information content (AvgIpc) is 2.30. The van der Waals surface area contributed by atoms with Gasteiger partial charge in [-0.05, 0) is 31.0 Å². The zero-order chi connectivity index (χ0) is 11.5. The second kappa shape index (κ2) is 4.48. The lowest BCUT2D eigenvalue weighted by atomic mass is 10.1. The maximum Gasteiger partial charge on any atom is 0.147 e. The van der Waals surface area contributed by atoms with Gasteiger partial charge in [0.05, 0.1) is 17.3 Å². The summed E-state index contributed by atoms with van der Waals surface area (Å²) in [6, 6.07) is 6.28. The summed E-state index contributed by atoms with van der Waals surface area (Å²) in [5.41, 5.74) is 0.771. The molecule has 2 nitrogen and oxygen atoms in total. The molecule has 2 rings (SSSR count). The number of anilines is 1. The van der Waals surface area contributed by atoms with Crippen LogP contribution in [-0.2, 0) is 0 Å². The monoisotopic (exact) mass is 222 g/mol. The standard InChI is InChI=1S/C12H12F2N2/c13-10-3-5-16(6-4-10)12-2-1-9(8-15)7-11(12)14/h1-2,7,10H,3-6H2. The number of benzene rings is 1. The molecule has 1 aromatic carbocycles. The molecule has 1 saturated heterocycles. The Morgan fingerprint density at radius 1 is 1.31 bits per heavy atom. The van der Waals surface area contributed by atoms with Crippen LogP contribution >= 0.6 is 0 Å². The van der Waals surface area contributed by atoms with Gasteiger partial charge in [0, 0.05) is 13.1 Å². The van der Waals surface area contributed by atoms with Crippen LogP contribution in [0.1, 0.15) is 18.4 Å². The molecule has 0 aromatic heterocycles. The number of alkyl halides is 1. The van der Waals surface area contributed by atoms with Crippen LogP contribution < -0.4 is 4.90 Å². The Labute approximate surface area is 93.1 Å². The smallest absolute Gasteiger partial charge is 0.147 e. The fourth-order valence-electron chi connectivity index (χ4n) is 1.92. The molecule has 0 amide bonds. The Morgan fingerprint density at radius 3 is 2.56 bits per heavy atom. The second-order valence-electron chi connectivity index (χ2n) is 3.94. The van der Waals surface area contributed by atoms with Crippen molar-refractivity contribution in [1.29, 1.82) is 5.26 Å². The third-order valence-corrected chi connectivity index (χ3v) is 2.84. The lowest BCUT2D eigenvalue weighted by Crippen LogP contribution is -2.34. The van der Waals surface area contributed by atoms with E-state index in [-0.39, 0.29) is 0 Å². The van der Waals surface area contributed by atoms with Gasteiger partial charge < -0.3 is 4.90 Å². The molecule has 84 valence electrons. The Kier molecular flexibility index (Phi) is 3.04. The lowest BCUT2D eigenvalue weighted by Gasteiger charge is -2.30. The fourth-order valence-corrected chi connectivity index (χ4v) is 1.92. The van der Waals surface area contributed by atoms with Gasteiger partial charge in [-0.15, -0.1) is 0 Å². The van der Waals surface area contributed by atoms with Gasteiger partial charge in [0.15, 0.2) is 0 Å². The first-order valence-corrected chi connectivity index (χ1v) is 5.29. The highest BCUT2D eigenvalue weighted by molar-refractivity contribution is 5.51. The van der Waals surface area contributed by atoms with E-state index in [1.165, 1.54) is 6.07 Å². The van der Waals surface area contributed by atoms with E-state index in [1.807, 2.05) is 11.0 Å². The van der Waals surface area contributed by atoms with Crippen LogP contribution in [0.5, 0.6) is 0 Å². The average molecular weight is 222 g/mol. The molecule has 1 aromatic rings.